The summed E-state index contributed by atoms with van der Waals surface area (Å²) in [6, 6.07) is 6.25. The Labute approximate surface area is 87.1 Å². The van der Waals surface area contributed by atoms with Crippen LogP contribution in [0.4, 0.5) is 5.69 Å². The maximum atomic E-state index is 3.95. The van der Waals surface area contributed by atoms with Crippen LogP contribution in [0.15, 0.2) is 18.2 Å². The number of tetrazole rings is 1. The van der Waals surface area contributed by atoms with E-state index in [0.717, 1.165) is 24.5 Å². The predicted molar refractivity (Wildman–Crippen MR) is 56.1 cm³/mol. The second-order valence-corrected chi connectivity index (χ2v) is 3.66. The number of aryl methyl sites for hydroxylation is 1. The summed E-state index contributed by atoms with van der Waals surface area (Å²) in [6.45, 7) is 2.92. The van der Waals surface area contributed by atoms with Gasteiger partial charge in [-0.1, -0.05) is 0 Å². The number of anilines is 1. The quantitative estimate of drug-likeness (QED) is 0.746. The molecular weight excluding hydrogens is 190 g/mol. The summed E-state index contributed by atoms with van der Waals surface area (Å²) in [7, 11) is 0. The van der Waals surface area contributed by atoms with Gasteiger partial charge in [-0.05, 0) is 47.5 Å². The molecule has 0 saturated heterocycles. The molecule has 1 aliphatic rings. The fourth-order valence-electron chi connectivity index (χ4n) is 1.89. The minimum Gasteiger partial charge on any atom is -0.384 e. The maximum absolute atomic E-state index is 3.95. The third-order valence-corrected chi connectivity index (χ3v) is 2.67. The van der Waals surface area contributed by atoms with Crippen LogP contribution in [-0.4, -0.2) is 26.8 Å². The molecule has 0 fully saturated rings. The summed E-state index contributed by atoms with van der Waals surface area (Å²) < 4.78 is 1.75. The molecule has 2 aromatic rings. The lowest BCUT2D eigenvalue weighted by Gasteiger charge is -2.04. The maximum Gasteiger partial charge on any atom is 0.153 e. The van der Waals surface area contributed by atoms with Gasteiger partial charge in [-0.2, -0.15) is 4.68 Å². The minimum absolute atomic E-state index is 0.806. The summed E-state index contributed by atoms with van der Waals surface area (Å²) in [5, 5.41) is 14.8. The van der Waals surface area contributed by atoms with Gasteiger partial charge in [0.05, 0.1) is 5.69 Å². The zero-order valence-electron chi connectivity index (χ0n) is 8.44. The van der Waals surface area contributed by atoms with Crippen LogP contribution in [0, 0.1) is 6.92 Å². The Morgan fingerprint density at radius 3 is 3.13 bits per heavy atom. The molecule has 0 aliphatic carbocycles. The van der Waals surface area contributed by atoms with Crippen molar-refractivity contribution in [2.24, 2.45) is 0 Å². The van der Waals surface area contributed by atoms with Crippen LogP contribution < -0.4 is 5.32 Å². The highest BCUT2D eigenvalue weighted by molar-refractivity contribution is 5.59. The first-order valence-electron chi connectivity index (χ1n) is 4.97. The smallest absolute Gasteiger partial charge is 0.153 e. The molecule has 5 heteroatoms. The first-order chi connectivity index (χ1) is 7.34. The molecule has 0 radical (unpaired) electrons. The van der Waals surface area contributed by atoms with Gasteiger partial charge in [0.2, 0.25) is 0 Å². The first-order valence-corrected chi connectivity index (χ1v) is 4.97. The van der Waals surface area contributed by atoms with Gasteiger partial charge in [0, 0.05) is 12.2 Å². The van der Waals surface area contributed by atoms with Crippen molar-refractivity contribution in [3.8, 4) is 5.69 Å². The van der Waals surface area contributed by atoms with E-state index in [1.165, 1.54) is 11.3 Å². The van der Waals surface area contributed by atoms with Crippen molar-refractivity contribution in [3.05, 3.63) is 29.6 Å². The van der Waals surface area contributed by atoms with E-state index in [4.69, 9.17) is 0 Å². The zero-order valence-corrected chi connectivity index (χ0v) is 8.44. The Balaban J connectivity index is 2.11. The Morgan fingerprint density at radius 1 is 1.40 bits per heavy atom. The largest absolute Gasteiger partial charge is 0.384 e. The van der Waals surface area contributed by atoms with E-state index >= 15 is 0 Å². The first kappa shape index (κ1) is 8.40. The topological polar surface area (TPSA) is 55.6 Å². The Morgan fingerprint density at radius 2 is 2.33 bits per heavy atom. The van der Waals surface area contributed by atoms with E-state index in [9.17, 15) is 0 Å². The predicted octanol–water partition coefficient (Wildman–Crippen LogP) is 0.939. The highest BCUT2D eigenvalue weighted by Crippen LogP contribution is 2.24. The van der Waals surface area contributed by atoms with E-state index in [1.54, 1.807) is 4.68 Å². The number of nitrogens with zero attached hydrogens (tertiary/aromatic N) is 4. The third kappa shape index (κ3) is 1.27. The molecule has 76 valence electrons. The fraction of sp³-hybridized carbons (Fsp3) is 0.300. The fourth-order valence-corrected chi connectivity index (χ4v) is 1.89. The van der Waals surface area contributed by atoms with Crippen molar-refractivity contribution in [2.45, 2.75) is 13.3 Å². The van der Waals surface area contributed by atoms with Crippen LogP contribution in [-0.2, 0) is 6.42 Å². The molecule has 3 rings (SSSR count). The Bertz CT molecular complexity index is 502. The lowest BCUT2D eigenvalue weighted by molar-refractivity contribution is 0.779. The second kappa shape index (κ2) is 3.05. The van der Waals surface area contributed by atoms with Crippen LogP contribution >= 0.6 is 0 Å². The van der Waals surface area contributed by atoms with Gasteiger partial charge in [-0.15, -0.1) is 5.10 Å². The average molecular weight is 201 g/mol. The molecule has 1 aromatic heterocycles. The SMILES string of the molecule is Cc1nnnn1-c1ccc2c(c1)CCN2. The van der Waals surface area contributed by atoms with Crippen molar-refractivity contribution in [3.63, 3.8) is 0 Å². The van der Waals surface area contributed by atoms with Crippen LogP contribution in [0.5, 0.6) is 0 Å². The van der Waals surface area contributed by atoms with Gasteiger partial charge in [-0.25, -0.2) is 0 Å². The van der Waals surface area contributed by atoms with Crippen LogP contribution in [0.25, 0.3) is 5.69 Å². The van der Waals surface area contributed by atoms with Crippen molar-refractivity contribution < 1.29 is 0 Å². The molecule has 15 heavy (non-hydrogen) atoms. The zero-order chi connectivity index (χ0) is 10.3. The monoisotopic (exact) mass is 201 g/mol. The molecule has 2 heterocycles. The number of hydrogen-bond donors (Lipinski definition) is 1. The lowest BCUT2D eigenvalue weighted by atomic mass is 10.1. The molecular formula is C10H11N5. The van der Waals surface area contributed by atoms with Gasteiger partial charge >= 0.3 is 0 Å². The van der Waals surface area contributed by atoms with Crippen molar-refractivity contribution in [1.29, 1.82) is 0 Å². The number of rotatable bonds is 1. The van der Waals surface area contributed by atoms with Gasteiger partial charge in [0.15, 0.2) is 5.82 Å². The van der Waals surface area contributed by atoms with Gasteiger partial charge in [-0.3, -0.25) is 0 Å². The number of benzene rings is 1. The molecule has 0 unspecified atom stereocenters. The van der Waals surface area contributed by atoms with Crippen molar-refractivity contribution in [1.82, 2.24) is 20.2 Å². The molecule has 0 atom stereocenters. The van der Waals surface area contributed by atoms with Gasteiger partial charge in [0.1, 0.15) is 0 Å². The van der Waals surface area contributed by atoms with Crippen LogP contribution in [0.2, 0.25) is 0 Å². The Hall–Kier alpha value is -1.91. The van der Waals surface area contributed by atoms with Crippen LogP contribution in [0.1, 0.15) is 11.4 Å². The second-order valence-electron chi connectivity index (χ2n) is 3.66. The van der Waals surface area contributed by atoms with E-state index in [-0.39, 0.29) is 0 Å². The normalized spacial score (nSPS) is 13.7. The third-order valence-electron chi connectivity index (χ3n) is 2.67. The van der Waals surface area contributed by atoms with E-state index in [2.05, 4.69) is 33.0 Å². The van der Waals surface area contributed by atoms with E-state index in [0.29, 0.717) is 0 Å². The molecule has 5 nitrogen and oxygen atoms in total. The molecule has 0 bridgehead atoms. The van der Waals surface area contributed by atoms with Gasteiger partial charge in [0.25, 0.3) is 0 Å². The van der Waals surface area contributed by atoms with Crippen molar-refractivity contribution >= 4 is 5.69 Å². The summed E-state index contributed by atoms with van der Waals surface area (Å²) in [5.41, 5.74) is 3.59. The van der Waals surface area contributed by atoms with E-state index in [1.807, 2.05) is 13.0 Å². The summed E-state index contributed by atoms with van der Waals surface area (Å²) in [6.07, 6.45) is 1.07. The minimum atomic E-state index is 0.806. The molecule has 1 aromatic carbocycles. The summed E-state index contributed by atoms with van der Waals surface area (Å²) in [5.74, 6) is 0.806. The number of fused-ring (bicyclic) bond motifs is 1. The number of aromatic nitrogens is 4. The molecule has 0 amide bonds. The highest BCUT2D eigenvalue weighted by atomic mass is 15.5. The molecule has 1 N–H and O–H groups in total. The summed E-state index contributed by atoms with van der Waals surface area (Å²) >= 11 is 0. The van der Waals surface area contributed by atoms with Crippen molar-refractivity contribution in [2.75, 3.05) is 11.9 Å². The number of hydrogen-bond acceptors (Lipinski definition) is 4. The average Bonchev–Trinajstić information content (AvgIpc) is 2.84. The lowest BCUT2D eigenvalue weighted by Crippen LogP contribution is -1.99. The molecule has 0 spiro atoms. The molecule has 0 saturated carbocycles. The Kier molecular flexibility index (Phi) is 1.71. The summed E-state index contributed by atoms with van der Waals surface area (Å²) in [4.78, 5) is 0. The van der Waals surface area contributed by atoms with Gasteiger partial charge < -0.3 is 5.32 Å². The highest BCUT2D eigenvalue weighted by Gasteiger charge is 2.11. The van der Waals surface area contributed by atoms with E-state index < -0.39 is 0 Å². The standard InChI is InChI=1S/C10H11N5/c1-7-12-13-14-15(7)9-2-3-10-8(6-9)4-5-11-10/h2-3,6,11H,4-5H2,1H3. The number of nitrogens with one attached hydrogen (secondary N) is 1. The molecule has 1 aliphatic heterocycles. The van der Waals surface area contributed by atoms with Crippen LogP contribution in [0.3, 0.4) is 0 Å².